The summed E-state index contributed by atoms with van der Waals surface area (Å²) in [6.45, 7) is 2.94. The minimum absolute atomic E-state index is 0.499. The third-order valence-electron chi connectivity index (χ3n) is 2.38. The average molecular weight is 231 g/mol. The molecule has 0 saturated heterocycles. The lowest BCUT2D eigenvalue weighted by atomic mass is 9.92. The zero-order valence-electron chi connectivity index (χ0n) is 9.65. The first kappa shape index (κ1) is 12.8. The molecule has 1 amide bonds. The van der Waals surface area contributed by atoms with E-state index in [1.54, 1.807) is 30.3 Å². The van der Waals surface area contributed by atoms with Crippen LogP contribution in [-0.4, -0.2) is 17.0 Å². The van der Waals surface area contributed by atoms with Crippen LogP contribution in [0.2, 0.25) is 0 Å². The summed E-state index contributed by atoms with van der Waals surface area (Å²) in [4.78, 5) is 22.7. The van der Waals surface area contributed by atoms with Gasteiger partial charge in [-0.1, -0.05) is 36.3 Å². The van der Waals surface area contributed by atoms with E-state index in [2.05, 4.69) is 17.2 Å². The molecule has 1 rings (SSSR count). The fraction of sp³-hybridized carbons (Fsp3) is 0.231. The molecule has 0 heterocycles. The first-order valence-corrected chi connectivity index (χ1v) is 5.04. The molecule has 0 fully saturated rings. The normalized spacial score (nSPS) is 12.8. The Kier molecular flexibility index (Phi) is 3.89. The third kappa shape index (κ3) is 2.85. The number of nitrogens with one attached hydrogen (secondary N) is 1. The molecule has 4 heteroatoms. The van der Waals surface area contributed by atoms with Gasteiger partial charge in [0, 0.05) is 0 Å². The van der Waals surface area contributed by atoms with Gasteiger partial charge in [0.05, 0.1) is 0 Å². The number of carbonyl (C=O) groups is 2. The van der Waals surface area contributed by atoms with Crippen molar-refractivity contribution in [2.75, 3.05) is 0 Å². The molecule has 0 saturated carbocycles. The van der Waals surface area contributed by atoms with Crippen LogP contribution in [0.4, 0.5) is 0 Å². The van der Waals surface area contributed by atoms with Crippen molar-refractivity contribution in [1.29, 1.82) is 0 Å². The highest BCUT2D eigenvalue weighted by molar-refractivity contribution is 5.97. The predicted molar refractivity (Wildman–Crippen MR) is 63.0 cm³/mol. The van der Waals surface area contributed by atoms with Gasteiger partial charge in [0.25, 0.3) is 5.91 Å². The molecule has 1 unspecified atom stereocenters. The Morgan fingerprint density at radius 1 is 1.29 bits per heavy atom. The molecule has 0 spiro atoms. The van der Waals surface area contributed by atoms with Crippen molar-refractivity contribution in [3.63, 3.8) is 0 Å². The highest BCUT2D eigenvalue weighted by atomic mass is 16.4. The maximum Gasteiger partial charge on any atom is 0.333 e. The topological polar surface area (TPSA) is 66.4 Å². The summed E-state index contributed by atoms with van der Waals surface area (Å²) in [5.74, 6) is 2.95. The number of hydrogen-bond donors (Lipinski definition) is 2. The van der Waals surface area contributed by atoms with E-state index in [4.69, 9.17) is 0 Å². The second-order valence-electron chi connectivity index (χ2n) is 3.63. The number of aliphatic carboxylic acids is 1. The molecule has 17 heavy (non-hydrogen) atoms. The Morgan fingerprint density at radius 2 is 1.88 bits per heavy atom. The molecule has 0 bridgehead atoms. The second-order valence-corrected chi connectivity index (χ2v) is 3.63. The zero-order valence-corrected chi connectivity index (χ0v) is 9.65. The molecule has 0 aliphatic heterocycles. The molecule has 4 nitrogen and oxygen atoms in total. The minimum Gasteiger partial charge on any atom is -0.479 e. The van der Waals surface area contributed by atoms with Crippen LogP contribution in [0.15, 0.2) is 30.3 Å². The van der Waals surface area contributed by atoms with Crippen molar-refractivity contribution in [3.8, 4) is 11.8 Å². The van der Waals surface area contributed by atoms with E-state index in [0.717, 1.165) is 0 Å². The molecule has 1 atom stereocenters. The Bertz CT molecular complexity index is 484. The molecule has 0 aliphatic rings. The van der Waals surface area contributed by atoms with Gasteiger partial charge >= 0.3 is 5.97 Å². The zero-order chi connectivity index (χ0) is 12.9. The SMILES string of the molecule is CC#CC(=O)NC(C)(C(=O)O)c1ccccc1. The fourth-order valence-corrected chi connectivity index (χ4v) is 1.39. The summed E-state index contributed by atoms with van der Waals surface area (Å²) in [5.41, 5.74) is -0.971. The number of benzene rings is 1. The minimum atomic E-state index is -1.47. The first-order chi connectivity index (χ1) is 8.00. The number of rotatable bonds is 3. The highest BCUT2D eigenvalue weighted by Gasteiger charge is 2.36. The standard InChI is InChI=1S/C13H13NO3/c1-3-7-11(15)14-13(2,12(16)17)10-8-5-4-6-9-10/h4-6,8-9H,1-2H3,(H,14,15)(H,16,17). The van der Waals surface area contributed by atoms with Gasteiger partial charge in [-0.2, -0.15) is 0 Å². The molecular formula is C13H13NO3. The summed E-state index contributed by atoms with van der Waals surface area (Å²) in [5, 5.41) is 11.6. The number of carbonyl (C=O) groups excluding carboxylic acids is 1. The monoisotopic (exact) mass is 231 g/mol. The van der Waals surface area contributed by atoms with Crippen molar-refractivity contribution >= 4 is 11.9 Å². The summed E-state index contributed by atoms with van der Waals surface area (Å²) in [7, 11) is 0. The summed E-state index contributed by atoms with van der Waals surface area (Å²) >= 11 is 0. The van der Waals surface area contributed by atoms with Crippen LogP contribution in [0.3, 0.4) is 0 Å². The molecule has 0 aromatic heterocycles. The van der Waals surface area contributed by atoms with Crippen LogP contribution in [0, 0.1) is 11.8 Å². The van der Waals surface area contributed by atoms with Crippen LogP contribution in [0.25, 0.3) is 0 Å². The van der Waals surface area contributed by atoms with E-state index >= 15 is 0 Å². The maximum atomic E-state index is 11.4. The lowest BCUT2D eigenvalue weighted by Crippen LogP contribution is -2.49. The van der Waals surface area contributed by atoms with Gasteiger partial charge in [0.1, 0.15) is 0 Å². The number of hydrogen-bond acceptors (Lipinski definition) is 2. The van der Waals surface area contributed by atoms with Gasteiger partial charge < -0.3 is 10.4 Å². The molecule has 1 aromatic carbocycles. The Balaban J connectivity index is 3.10. The number of amides is 1. The van der Waals surface area contributed by atoms with Crippen molar-refractivity contribution in [2.24, 2.45) is 0 Å². The van der Waals surface area contributed by atoms with Gasteiger partial charge in [0.2, 0.25) is 0 Å². The molecule has 0 aliphatic carbocycles. The van der Waals surface area contributed by atoms with Gasteiger partial charge in [-0.25, -0.2) is 4.79 Å². The lowest BCUT2D eigenvalue weighted by Gasteiger charge is -2.25. The molecule has 0 radical (unpaired) electrons. The average Bonchev–Trinajstić information content (AvgIpc) is 2.30. The van der Waals surface area contributed by atoms with Crippen LogP contribution < -0.4 is 5.32 Å². The van der Waals surface area contributed by atoms with E-state index in [-0.39, 0.29) is 0 Å². The second kappa shape index (κ2) is 5.17. The lowest BCUT2D eigenvalue weighted by molar-refractivity contribution is -0.146. The molecule has 88 valence electrons. The van der Waals surface area contributed by atoms with Crippen LogP contribution in [0.1, 0.15) is 19.4 Å². The van der Waals surface area contributed by atoms with Gasteiger partial charge in [0.15, 0.2) is 5.54 Å². The Labute approximate surface area is 99.7 Å². The van der Waals surface area contributed by atoms with Crippen molar-refractivity contribution < 1.29 is 14.7 Å². The van der Waals surface area contributed by atoms with Crippen LogP contribution in [-0.2, 0) is 15.1 Å². The van der Waals surface area contributed by atoms with E-state index in [0.29, 0.717) is 5.56 Å². The van der Waals surface area contributed by atoms with E-state index < -0.39 is 17.4 Å². The summed E-state index contributed by atoms with van der Waals surface area (Å²) < 4.78 is 0. The largest absolute Gasteiger partial charge is 0.479 e. The smallest absolute Gasteiger partial charge is 0.333 e. The van der Waals surface area contributed by atoms with E-state index in [9.17, 15) is 14.7 Å². The summed E-state index contributed by atoms with van der Waals surface area (Å²) in [6.07, 6.45) is 0. The van der Waals surface area contributed by atoms with Gasteiger partial charge in [-0.05, 0) is 25.3 Å². The molecule has 2 N–H and O–H groups in total. The Hall–Kier alpha value is -2.28. The first-order valence-electron chi connectivity index (χ1n) is 5.04. The predicted octanol–water partition coefficient (Wildman–Crippen LogP) is 1.13. The Morgan fingerprint density at radius 3 is 2.35 bits per heavy atom. The third-order valence-corrected chi connectivity index (χ3v) is 2.38. The van der Waals surface area contributed by atoms with Gasteiger partial charge in [-0.15, -0.1) is 0 Å². The van der Waals surface area contributed by atoms with Crippen molar-refractivity contribution in [2.45, 2.75) is 19.4 Å². The maximum absolute atomic E-state index is 11.4. The van der Waals surface area contributed by atoms with Crippen molar-refractivity contribution in [3.05, 3.63) is 35.9 Å². The molecular weight excluding hydrogens is 218 g/mol. The number of carboxylic acid groups (broad SMARTS) is 1. The van der Waals surface area contributed by atoms with E-state index in [1.807, 2.05) is 0 Å². The molecule has 1 aromatic rings. The van der Waals surface area contributed by atoms with Gasteiger partial charge in [-0.3, -0.25) is 4.79 Å². The summed E-state index contributed by atoms with van der Waals surface area (Å²) in [6, 6.07) is 8.50. The number of carboxylic acids is 1. The quantitative estimate of drug-likeness (QED) is 0.766. The van der Waals surface area contributed by atoms with Crippen LogP contribution >= 0.6 is 0 Å². The highest BCUT2D eigenvalue weighted by Crippen LogP contribution is 2.20. The fourth-order valence-electron chi connectivity index (χ4n) is 1.39. The van der Waals surface area contributed by atoms with E-state index in [1.165, 1.54) is 13.8 Å². The van der Waals surface area contributed by atoms with Crippen molar-refractivity contribution in [1.82, 2.24) is 5.32 Å². The van der Waals surface area contributed by atoms with Crippen LogP contribution in [0.5, 0.6) is 0 Å².